The lowest BCUT2D eigenvalue weighted by atomic mass is 9.83. The lowest BCUT2D eigenvalue weighted by Gasteiger charge is -2.20. The van der Waals surface area contributed by atoms with Crippen LogP contribution in [0.15, 0.2) is 48.5 Å². The summed E-state index contributed by atoms with van der Waals surface area (Å²) in [5.41, 5.74) is 5.35. The molecule has 2 aromatic carbocycles. The molecule has 0 aromatic heterocycles. The minimum atomic E-state index is 0.430. The highest BCUT2D eigenvalue weighted by Crippen LogP contribution is 2.47. The van der Waals surface area contributed by atoms with Gasteiger partial charge in [0.2, 0.25) is 0 Å². The molecule has 1 heteroatoms. The largest absolute Gasteiger partial charge is 0.300 e. The average Bonchev–Trinajstić information content (AvgIpc) is 3.51. The summed E-state index contributed by atoms with van der Waals surface area (Å²) in [4.78, 5) is 13.0. The Kier molecular flexibility index (Phi) is 4.98. The molecule has 1 nitrogen and oxygen atoms in total. The molecule has 2 saturated carbocycles. The van der Waals surface area contributed by atoms with Crippen LogP contribution in [0.5, 0.6) is 0 Å². The predicted molar refractivity (Wildman–Crippen MR) is 108 cm³/mol. The number of rotatable bonds is 8. The zero-order valence-corrected chi connectivity index (χ0v) is 16.1. The summed E-state index contributed by atoms with van der Waals surface area (Å²) in [6, 6.07) is 17.6. The zero-order valence-electron chi connectivity index (χ0n) is 16.1. The molecular weight excluding hydrogens is 316 g/mol. The molecule has 2 unspecified atom stereocenters. The quantitative estimate of drug-likeness (QED) is 0.545. The van der Waals surface area contributed by atoms with Crippen LogP contribution in [0.25, 0.3) is 0 Å². The van der Waals surface area contributed by atoms with Gasteiger partial charge >= 0.3 is 0 Å². The lowest BCUT2D eigenvalue weighted by molar-refractivity contribution is -0.120. The molecule has 0 radical (unpaired) electrons. The fraction of sp³-hybridized carbons (Fsp3) is 0.480. The fourth-order valence-electron chi connectivity index (χ4n) is 4.49. The van der Waals surface area contributed by atoms with Crippen LogP contribution in [-0.2, 0) is 4.79 Å². The fourth-order valence-corrected chi connectivity index (χ4v) is 4.49. The van der Waals surface area contributed by atoms with Gasteiger partial charge in [0.25, 0.3) is 0 Å². The lowest BCUT2D eigenvalue weighted by Crippen LogP contribution is -2.14. The molecule has 0 heterocycles. The summed E-state index contributed by atoms with van der Waals surface area (Å²) in [5.74, 6) is 2.76. The third kappa shape index (κ3) is 4.26. The molecule has 0 N–H and O–H groups in total. The van der Waals surface area contributed by atoms with Gasteiger partial charge in [-0.3, -0.25) is 4.79 Å². The Morgan fingerprint density at radius 2 is 1.23 bits per heavy atom. The van der Waals surface area contributed by atoms with E-state index in [2.05, 4.69) is 62.4 Å². The van der Waals surface area contributed by atoms with Gasteiger partial charge in [-0.05, 0) is 74.3 Å². The van der Waals surface area contributed by atoms with Gasteiger partial charge in [-0.1, -0.05) is 59.7 Å². The van der Waals surface area contributed by atoms with Crippen molar-refractivity contribution in [3.63, 3.8) is 0 Å². The molecule has 26 heavy (non-hydrogen) atoms. The van der Waals surface area contributed by atoms with Gasteiger partial charge in [0.1, 0.15) is 5.78 Å². The number of hydrogen-bond donors (Lipinski definition) is 0. The van der Waals surface area contributed by atoms with Crippen LogP contribution in [0.4, 0.5) is 0 Å². The molecule has 2 aromatic rings. The second-order valence-electron chi connectivity index (χ2n) is 8.66. The Hall–Kier alpha value is -1.89. The van der Waals surface area contributed by atoms with E-state index in [1.165, 1.54) is 47.9 Å². The van der Waals surface area contributed by atoms with E-state index >= 15 is 0 Å². The first-order valence-electron chi connectivity index (χ1n) is 10.2. The molecule has 0 amide bonds. The van der Waals surface area contributed by atoms with Crippen molar-refractivity contribution in [2.75, 3.05) is 0 Å². The molecule has 136 valence electrons. The van der Waals surface area contributed by atoms with E-state index in [4.69, 9.17) is 0 Å². The van der Waals surface area contributed by atoms with Gasteiger partial charge in [-0.25, -0.2) is 0 Å². The molecule has 2 aliphatic rings. The number of aryl methyl sites for hydroxylation is 2. The van der Waals surface area contributed by atoms with Crippen molar-refractivity contribution in [1.82, 2.24) is 0 Å². The third-order valence-electron chi connectivity index (χ3n) is 6.22. The summed E-state index contributed by atoms with van der Waals surface area (Å²) in [7, 11) is 0. The highest BCUT2D eigenvalue weighted by molar-refractivity contribution is 5.80. The van der Waals surface area contributed by atoms with Crippen LogP contribution in [0, 0.1) is 25.7 Å². The first-order valence-corrected chi connectivity index (χ1v) is 10.2. The number of Topliss-reactive ketones (excluding diaryl/α,β-unsaturated/α-hetero) is 1. The van der Waals surface area contributed by atoms with Crippen LogP contribution in [0.2, 0.25) is 0 Å². The average molecular weight is 347 g/mol. The summed E-state index contributed by atoms with van der Waals surface area (Å²) >= 11 is 0. The number of carbonyl (C=O) groups is 1. The van der Waals surface area contributed by atoms with E-state index in [9.17, 15) is 4.79 Å². The van der Waals surface area contributed by atoms with Crippen LogP contribution < -0.4 is 0 Å². The van der Waals surface area contributed by atoms with Gasteiger partial charge in [-0.2, -0.15) is 0 Å². The number of carbonyl (C=O) groups excluding carboxylic acids is 1. The van der Waals surface area contributed by atoms with Crippen molar-refractivity contribution in [2.24, 2.45) is 11.8 Å². The van der Waals surface area contributed by atoms with E-state index in [1.807, 2.05) is 0 Å². The minimum Gasteiger partial charge on any atom is -0.300 e. The normalized spacial score (nSPS) is 19.2. The van der Waals surface area contributed by atoms with E-state index in [-0.39, 0.29) is 0 Å². The number of benzene rings is 2. The topological polar surface area (TPSA) is 17.1 Å². The van der Waals surface area contributed by atoms with E-state index in [0.717, 1.165) is 24.7 Å². The Balaban J connectivity index is 1.47. The summed E-state index contributed by atoms with van der Waals surface area (Å²) < 4.78 is 0. The minimum absolute atomic E-state index is 0.430. The summed E-state index contributed by atoms with van der Waals surface area (Å²) in [5, 5.41) is 0. The first kappa shape index (κ1) is 17.5. The smallest absolute Gasteiger partial charge is 0.134 e. The molecule has 0 saturated heterocycles. The van der Waals surface area contributed by atoms with Gasteiger partial charge in [0.15, 0.2) is 0 Å². The highest BCUT2D eigenvalue weighted by atomic mass is 16.1. The Labute approximate surface area is 157 Å². The Morgan fingerprint density at radius 1 is 0.808 bits per heavy atom. The molecule has 0 bridgehead atoms. The molecule has 0 aliphatic heterocycles. The van der Waals surface area contributed by atoms with Crippen molar-refractivity contribution in [3.8, 4) is 0 Å². The second-order valence-corrected chi connectivity index (χ2v) is 8.66. The number of hydrogen-bond acceptors (Lipinski definition) is 1. The Morgan fingerprint density at radius 3 is 1.58 bits per heavy atom. The van der Waals surface area contributed by atoms with E-state index in [1.54, 1.807) is 0 Å². The van der Waals surface area contributed by atoms with Crippen LogP contribution in [0.1, 0.15) is 72.6 Å². The molecule has 2 aliphatic carbocycles. The first-order chi connectivity index (χ1) is 12.6. The standard InChI is InChI=1S/C25H30O/c1-17-5-3-7-21(13-17)24(19-9-10-19)15-23(26)16-25(20-11-12-20)22-8-4-6-18(2)14-22/h3-8,13-14,19-20,24-25H,9-12,15-16H2,1-2H3. The molecule has 2 atom stereocenters. The van der Waals surface area contributed by atoms with Gasteiger partial charge in [-0.15, -0.1) is 0 Å². The monoisotopic (exact) mass is 346 g/mol. The Bertz CT molecular complexity index is 717. The maximum atomic E-state index is 13.0. The van der Waals surface area contributed by atoms with Gasteiger partial charge in [0, 0.05) is 12.8 Å². The number of ketones is 1. The van der Waals surface area contributed by atoms with Crippen molar-refractivity contribution < 1.29 is 4.79 Å². The van der Waals surface area contributed by atoms with E-state index in [0.29, 0.717) is 17.6 Å². The summed E-state index contributed by atoms with van der Waals surface area (Å²) in [6.07, 6.45) is 6.60. The molecular formula is C25H30O. The van der Waals surface area contributed by atoms with Crippen molar-refractivity contribution in [3.05, 3.63) is 70.8 Å². The SMILES string of the molecule is Cc1cccc(C(CC(=O)CC(c2cccc(C)c2)C2CC2)C2CC2)c1. The maximum Gasteiger partial charge on any atom is 0.134 e. The van der Waals surface area contributed by atoms with Gasteiger partial charge < -0.3 is 0 Å². The summed E-state index contributed by atoms with van der Waals surface area (Å²) in [6.45, 7) is 4.30. The van der Waals surface area contributed by atoms with Crippen LogP contribution in [-0.4, -0.2) is 5.78 Å². The predicted octanol–water partition coefficient (Wildman–Crippen LogP) is 6.34. The highest BCUT2D eigenvalue weighted by Gasteiger charge is 2.37. The molecule has 2 fully saturated rings. The van der Waals surface area contributed by atoms with Crippen LogP contribution in [0.3, 0.4) is 0 Å². The molecule has 0 spiro atoms. The van der Waals surface area contributed by atoms with Gasteiger partial charge in [0.05, 0.1) is 0 Å². The van der Waals surface area contributed by atoms with Crippen molar-refractivity contribution >= 4 is 5.78 Å². The van der Waals surface area contributed by atoms with Crippen LogP contribution >= 0.6 is 0 Å². The van der Waals surface area contributed by atoms with Crippen molar-refractivity contribution in [1.29, 1.82) is 0 Å². The van der Waals surface area contributed by atoms with E-state index < -0.39 is 0 Å². The third-order valence-corrected chi connectivity index (χ3v) is 6.22. The zero-order chi connectivity index (χ0) is 18.1. The maximum absolute atomic E-state index is 13.0. The second kappa shape index (κ2) is 7.39. The van der Waals surface area contributed by atoms with Crippen molar-refractivity contribution in [2.45, 2.75) is 64.2 Å². The molecule has 4 rings (SSSR count).